The molecule has 6 nitrogen and oxygen atoms in total. The van der Waals surface area contributed by atoms with Crippen molar-refractivity contribution in [3.63, 3.8) is 0 Å². The molecule has 0 bridgehead atoms. The van der Waals surface area contributed by atoms with Crippen LogP contribution in [0.25, 0.3) is 17.3 Å². The Morgan fingerprint density at radius 1 is 0.756 bits per heavy atom. The van der Waals surface area contributed by atoms with Crippen molar-refractivity contribution in [1.29, 1.82) is 0 Å². The Hall–Kier alpha value is -5.23. The van der Waals surface area contributed by atoms with E-state index in [4.69, 9.17) is 4.98 Å². The minimum absolute atomic E-state index is 0.170. The topological polar surface area (TPSA) is 75.4 Å². The number of hydrogen-bond donors (Lipinski definition) is 1. The monoisotopic (exact) mass is 593 g/mol. The highest BCUT2D eigenvalue weighted by atomic mass is 16.4. The Kier molecular flexibility index (Phi) is 7.42. The first-order valence-electron chi connectivity index (χ1n) is 15.5. The number of amides is 1. The Morgan fingerprint density at radius 2 is 1.29 bits per heavy atom. The van der Waals surface area contributed by atoms with Crippen molar-refractivity contribution in [1.82, 2.24) is 14.5 Å². The molecule has 1 N–H and O–H groups in total. The fourth-order valence-electron chi connectivity index (χ4n) is 7.36. The number of rotatable bonds is 6. The summed E-state index contributed by atoms with van der Waals surface area (Å²) in [4.78, 5) is 31.6. The summed E-state index contributed by atoms with van der Waals surface area (Å²) in [6.07, 6.45) is 7.80. The van der Waals surface area contributed by atoms with Gasteiger partial charge in [-0.05, 0) is 59.6 Å². The first-order valence-corrected chi connectivity index (χ1v) is 15.5. The molecule has 5 aromatic rings. The maximum absolute atomic E-state index is 13.8. The molecule has 2 heterocycles. The van der Waals surface area contributed by atoms with Crippen LogP contribution in [0.3, 0.4) is 0 Å². The Balaban J connectivity index is 1.30. The minimum Gasteiger partial charge on any atom is -0.465 e. The zero-order valence-corrected chi connectivity index (χ0v) is 25.0. The standard InChI is InChI=1S/C39H35N3O3/c43-36-30(20-21-38(36)22-24-41(25-23-38)37(44)45)26-29-12-10-11-19-34(29)35-27-42(28-40-35)39(31-13-4-1-5-14-31,32-15-6-2-7-16-32)33-17-8-3-9-18-33/h1-19,26-28H,20-25H2,(H,44,45)/b30-26+. The number of nitrogens with zero attached hydrogens (tertiary/aromatic N) is 3. The molecule has 0 radical (unpaired) electrons. The normalized spacial score (nSPS) is 17.2. The molecule has 45 heavy (non-hydrogen) atoms. The van der Waals surface area contributed by atoms with Crippen LogP contribution in [-0.4, -0.2) is 44.5 Å². The third-order valence-corrected chi connectivity index (χ3v) is 9.75. The molecule has 4 aromatic carbocycles. The molecule has 1 saturated heterocycles. The highest BCUT2D eigenvalue weighted by Crippen LogP contribution is 2.47. The van der Waals surface area contributed by atoms with Gasteiger partial charge < -0.3 is 14.6 Å². The molecular formula is C39H35N3O3. The van der Waals surface area contributed by atoms with E-state index in [0.717, 1.165) is 45.5 Å². The number of benzene rings is 4. The number of imidazole rings is 1. The smallest absolute Gasteiger partial charge is 0.407 e. The van der Waals surface area contributed by atoms with Crippen LogP contribution in [0.15, 0.2) is 133 Å². The molecule has 1 aliphatic carbocycles. The van der Waals surface area contributed by atoms with E-state index in [1.165, 1.54) is 4.90 Å². The number of piperidine rings is 1. The van der Waals surface area contributed by atoms with Gasteiger partial charge in [0, 0.05) is 30.3 Å². The second kappa shape index (κ2) is 11.7. The highest BCUT2D eigenvalue weighted by molar-refractivity contribution is 6.06. The summed E-state index contributed by atoms with van der Waals surface area (Å²) >= 11 is 0. The quantitative estimate of drug-likeness (QED) is 0.160. The lowest BCUT2D eigenvalue weighted by Crippen LogP contribution is -2.44. The van der Waals surface area contributed by atoms with Gasteiger partial charge in [0.1, 0.15) is 5.54 Å². The Bertz CT molecular complexity index is 1760. The predicted octanol–water partition coefficient (Wildman–Crippen LogP) is 7.90. The predicted molar refractivity (Wildman–Crippen MR) is 176 cm³/mol. The van der Waals surface area contributed by atoms with Gasteiger partial charge in [0.2, 0.25) is 0 Å². The van der Waals surface area contributed by atoms with Crippen LogP contribution in [0.2, 0.25) is 0 Å². The first-order chi connectivity index (χ1) is 22.0. The molecule has 1 spiro atoms. The molecular weight excluding hydrogens is 558 g/mol. The summed E-state index contributed by atoms with van der Waals surface area (Å²) in [5, 5.41) is 9.39. The third kappa shape index (κ3) is 4.96. The van der Waals surface area contributed by atoms with Crippen molar-refractivity contribution in [3.05, 3.63) is 156 Å². The minimum atomic E-state index is -0.907. The van der Waals surface area contributed by atoms with Crippen molar-refractivity contribution in [2.24, 2.45) is 5.41 Å². The SMILES string of the molecule is O=C(O)N1CCC2(CC/C(=C\c3ccccc3-c3cn(C(c4ccccc4)(c4ccccc4)c4ccccc4)cn3)C2=O)CC1. The van der Waals surface area contributed by atoms with Crippen molar-refractivity contribution in [2.45, 2.75) is 31.2 Å². The molecule has 0 unspecified atom stereocenters. The van der Waals surface area contributed by atoms with Crippen LogP contribution in [-0.2, 0) is 10.3 Å². The van der Waals surface area contributed by atoms with E-state index in [1.54, 1.807) is 0 Å². The van der Waals surface area contributed by atoms with Gasteiger partial charge in [0.15, 0.2) is 5.78 Å². The van der Waals surface area contributed by atoms with Crippen molar-refractivity contribution in [2.75, 3.05) is 13.1 Å². The van der Waals surface area contributed by atoms with Gasteiger partial charge in [-0.15, -0.1) is 0 Å². The van der Waals surface area contributed by atoms with E-state index in [0.29, 0.717) is 32.4 Å². The number of carbonyl (C=O) groups is 2. The zero-order chi connectivity index (χ0) is 30.9. The number of hydrogen-bond acceptors (Lipinski definition) is 3. The number of ketones is 1. The fourth-order valence-corrected chi connectivity index (χ4v) is 7.36. The third-order valence-electron chi connectivity index (χ3n) is 9.75. The van der Waals surface area contributed by atoms with E-state index in [1.807, 2.05) is 48.8 Å². The van der Waals surface area contributed by atoms with Gasteiger partial charge in [0.25, 0.3) is 0 Å². The van der Waals surface area contributed by atoms with Crippen molar-refractivity contribution >= 4 is 18.0 Å². The number of allylic oxidation sites excluding steroid dienone is 1. The van der Waals surface area contributed by atoms with Crippen molar-refractivity contribution in [3.8, 4) is 11.3 Å². The molecule has 2 fully saturated rings. The molecule has 2 aliphatic rings. The lowest BCUT2D eigenvalue weighted by Gasteiger charge is -2.37. The average Bonchev–Trinajstić information content (AvgIpc) is 3.69. The largest absolute Gasteiger partial charge is 0.465 e. The van der Waals surface area contributed by atoms with Gasteiger partial charge in [-0.3, -0.25) is 4.79 Å². The summed E-state index contributed by atoms with van der Waals surface area (Å²) in [6.45, 7) is 0.822. The molecule has 1 saturated carbocycles. The van der Waals surface area contributed by atoms with Crippen LogP contribution >= 0.6 is 0 Å². The van der Waals surface area contributed by atoms with Crippen LogP contribution in [0.5, 0.6) is 0 Å². The Morgan fingerprint density at radius 3 is 1.84 bits per heavy atom. The van der Waals surface area contributed by atoms with E-state index in [2.05, 4.69) is 89.6 Å². The summed E-state index contributed by atoms with van der Waals surface area (Å²) in [7, 11) is 0. The molecule has 1 amide bonds. The lowest BCUT2D eigenvalue weighted by atomic mass is 9.76. The fraction of sp³-hybridized carbons (Fsp3) is 0.205. The van der Waals surface area contributed by atoms with Gasteiger partial charge in [-0.1, -0.05) is 115 Å². The number of likely N-dealkylation sites (tertiary alicyclic amines) is 1. The summed E-state index contributed by atoms with van der Waals surface area (Å²) in [5.74, 6) is 0.170. The molecule has 1 aromatic heterocycles. The number of aromatic nitrogens is 2. The van der Waals surface area contributed by atoms with Gasteiger partial charge >= 0.3 is 6.09 Å². The highest BCUT2D eigenvalue weighted by Gasteiger charge is 2.47. The maximum Gasteiger partial charge on any atom is 0.407 e. The molecule has 224 valence electrons. The summed E-state index contributed by atoms with van der Waals surface area (Å²) in [5.41, 5.74) is 5.81. The molecule has 1 aliphatic heterocycles. The zero-order valence-electron chi connectivity index (χ0n) is 25.0. The van der Waals surface area contributed by atoms with Crippen LogP contribution in [0.1, 0.15) is 47.9 Å². The van der Waals surface area contributed by atoms with Gasteiger partial charge in [-0.2, -0.15) is 0 Å². The Labute approximate surface area is 263 Å². The average molecular weight is 594 g/mol. The summed E-state index contributed by atoms with van der Waals surface area (Å²) < 4.78 is 2.21. The second-order valence-electron chi connectivity index (χ2n) is 12.1. The number of carboxylic acid groups (broad SMARTS) is 1. The van der Waals surface area contributed by atoms with Crippen LogP contribution in [0.4, 0.5) is 4.79 Å². The van der Waals surface area contributed by atoms with E-state index in [-0.39, 0.29) is 5.78 Å². The van der Waals surface area contributed by atoms with Crippen LogP contribution < -0.4 is 0 Å². The van der Waals surface area contributed by atoms with E-state index >= 15 is 0 Å². The van der Waals surface area contributed by atoms with E-state index < -0.39 is 17.0 Å². The van der Waals surface area contributed by atoms with E-state index in [9.17, 15) is 14.7 Å². The number of Topliss-reactive ketones (excluding diaryl/α,β-unsaturated/α-hetero) is 1. The molecule has 0 atom stereocenters. The molecule has 7 rings (SSSR count). The van der Waals surface area contributed by atoms with Crippen molar-refractivity contribution < 1.29 is 14.7 Å². The lowest BCUT2D eigenvalue weighted by molar-refractivity contribution is -0.125. The number of carbonyl (C=O) groups excluding carboxylic acids is 1. The van der Waals surface area contributed by atoms with Gasteiger partial charge in [0.05, 0.1) is 12.0 Å². The second-order valence-corrected chi connectivity index (χ2v) is 12.1. The van der Waals surface area contributed by atoms with Gasteiger partial charge in [-0.25, -0.2) is 9.78 Å². The first kappa shape index (κ1) is 28.5. The maximum atomic E-state index is 13.8. The molecule has 6 heteroatoms. The van der Waals surface area contributed by atoms with Crippen LogP contribution in [0, 0.1) is 5.41 Å². The summed E-state index contributed by atoms with van der Waals surface area (Å²) in [6, 6.07) is 39.7.